The summed E-state index contributed by atoms with van der Waals surface area (Å²) in [7, 11) is 0. The lowest BCUT2D eigenvalue weighted by Gasteiger charge is -2.32. The molecule has 2 aliphatic rings. The molecule has 1 aromatic rings. The van der Waals surface area contributed by atoms with E-state index in [4.69, 9.17) is 4.52 Å². The standard InChI is InChI=1S/C21H30N4O5.ClH/c1-14-11-17(30-24-14)12-18(21(28)29)23-20(27)16-3-2-10-25(13-16)19(26)5-4-15-6-8-22-9-7-15;/h6,11,16,18,22H,2-5,7-10,12-13H2,1H3,(H,23,27)(H,28,29);1H/t16-,18+;/m1./s1. The van der Waals surface area contributed by atoms with Crippen molar-refractivity contribution in [2.24, 2.45) is 5.92 Å². The Balaban J connectivity index is 0.00000341. The molecule has 2 aliphatic heterocycles. The number of hydrogen-bond acceptors (Lipinski definition) is 6. The molecule has 1 aromatic heterocycles. The van der Waals surface area contributed by atoms with E-state index in [9.17, 15) is 19.5 Å². The average Bonchev–Trinajstić information content (AvgIpc) is 3.17. The van der Waals surface area contributed by atoms with Gasteiger partial charge in [-0.2, -0.15) is 0 Å². The summed E-state index contributed by atoms with van der Waals surface area (Å²) in [4.78, 5) is 38.7. The molecule has 3 N–H and O–H groups in total. The van der Waals surface area contributed by atoms with Crippen LogP contribution in [0, 0.1) is 12.8 Å². The molecule has 0 aliphatic carbocycles. The molecule has 10 heteroatoms. The van der Waals surface area contributed by atoms with Crippen molar-refractivity contribution in [2.45, 2.75) is 51.5 Å². The Morgan fingerprint density at radius 3 is 2.87 bits per heavy atom. The molecule has 172 valence electrons. The highest BCUT2D eigenvalue weighted by Crippen LogP contribution is 2.20. The third kappa shape index (κ3) is 7.36. The summed E-state index contributed by atoms with van der Waals surface area (Å²) < 4.78 is 5.07. The van der Waals surface area contributed by atoms with Gasteiger partial charge in [-0.05, 0) is 39.2 Å². The minimum absolute atomic E-state index is 0. The predicted molar refractivity (Wildman–Crippen MR) is 116 cm³/mol. The van der Waals surface area contributed by atoms with Gasteiger partial charge < -0.3 is 25.2 Å². The van der Waals surface area contributed by atoms with Crippen LogP contribution in [0.15, 0.2) is 22.2 Å². The molecule has 0 saturated carbocycles. The zero-order valence-electron chi connectivity index (χ0n) is 17.8. The van der Waals surface area contributed by atoms with Gasteiger partial charge >= 0.3 is 5.97 Å². The third-order valence-electron chi connectivity index (χ3n) is 5.66. The fourth-order valence-corrected chi connectivity index (χ4v) is 3.94. The molecule has 0 aromatic carbocycles. The Kier molecular flexibility index (Phi) is 9.51. The molecule has 0 spiro atoms. The largest absolute Gasteiger partial charge is 0.480 e. The summed E-state index contributed by atoms with van der Waals surface area (Å²) >= 11 is 0. The lowest BCUT2D eigenvalue weighted by Crippen LogP contribution is -2.50. The minimum Gasteiger partial charge on any atom is -0.480 e. The average molecular weight is 455 g/mol. The fraction of sp³-hybridized carbons (Fsp3) is 0.619. The Labute approximate surface area is 188 Å². The number of nitrogens with one attached hydrogen (secondary N) is 2. The van der Waals surface area contributed by atoms with E-state index in [1.165, 1.54) is 5.57 Å². The molecule has 1 saturated heterocycles. The van der Waals surface area contributed by atoms with Crippen LogP contribution in [0.3, 0.4) is 0 Å². The molecule has 0 bridgehead atoms. The second kappa shape index (κ2) is 11.9. The van der Waals surface area contributed by atoms with Crippen LogP contribution in [0.4, 0.5) is 0 Å². The van der Waals surface area contributed by atoms with E-state index in [2.05, 4.69) is 21.9 Å². The number of hydrogen-bond donors (Lipinski definition) is 3. The number of piperidine rings is 1. The SMILES string of the molecule is Cc1cc(C[C@H](NC(=O)[C@@H]2CCCN(C(=O)CCC3=CCNCC3)C2)C(=O)O)on1.Cl. The number of aryl methyl sites for hydroxylation is 1. The predicted octanol–water partition coefficient (Wildman–Crippen LogP) is 1.46. The van der Waals surface area contributed by atoms with E-state index in [1.54, 1.807) is 17.9 Å². The summed E-state index contributed by atoms with van der Waals surface area (Å²) in [6.07, 6.45) is 5.72. The zero-order chi connectivity index (χ0) is 21.5. The summed E-state index contributed by atoms with van der Waals surface area (Å²) in [5, 5.41) is 19.1. The smallest absolute Gasteiger partial charge is 0.326 e. The third-order valence-corrected chi connectivity index (χ3v) is 5.66. The Hall–Kier alpha value is -2.39. The highest BCUT2D eigenvalue weighted by atomic mass is 35.5. The summed E-state index contributed by atoms with van der Waals surface area (Å²) in [5.41, 5.74) is 1.96. The van der Waals surface area contributed by atoms with Crippen molar-refractivity contribution in [1.29, 1.82) is 0 Å². The second-order valence-corrected chi connectivity index (χ2v) is 8.03. The van der Waals surface area contributed by atoms with Crippen LogP contribution >= 0.6 is 12.4 Å². The highest BCUT2D eigenvalue weighted by Gasteiger charge is 2.31. The molecule has 0 unspecified atom stereocenters. The maximum Gasteiger partial charge on any atom is 0.326 e. The first-order valence-corrected chi connectivity index (χ1v) is 10.5. The fourth-order valence-electron chi connectivity index (χ4n) is 3.94. The van der Waals surface area contributed by atoms with E-state index < -0.39 is 17.9 Å². The van der Waals surface area contributed by atoms with E-state index in [-0.39, 0.29) is 30.6 Å². The van der Waals surface area contributed by atoms with Gasteiger partial charge in [0.15, 0.2) is 0 Å². The normalized spacial score (nSPS) is 19.7. The van der Waals surface area contributed by atoms with Crippen LogP contribution in [0.2, 0.25) is 0 Å². The van der Waals surface area contributed by atoms with Gasteiger partial charge in [-0.25, -0.2) is 4.79 Å². The van der Waals surface area contributed by atoms with E-state index in [0.29, 0.717) is 37.4 Å². The van der Waals surface area contributed by atoms with Crippen molar-refractivity contribution in [1.82, 2.24) is 20.7 Å². The number of aliphatic carboxylic acids is 1. The van der Waals surface area contributed by atoms with Crippen molar-refractivity contribution in [3.8, 4) is 0 Å². The molecule has 2 atom stereocenters. The molecule has 2 amide bonds. The number of halogens is 1. The number of likely N-dealkylation sites (tertiary alicyclic amines) is 1. The Morgan fingerprint density at radius 2 is 2.23 bits per heavy atom. The Bertz CT molecular complexity index is 809. The Morgan fingerprint density at radius 1 is 1.42 bits per heavy atom. The topological polar surface area (TPSA) is 125 Å². The summed E-state index contributed by atoms with van der Waals surface area (Å²) in [6, 6.07) is 0.559. The van der Waals surface area contributed by atoms with Crippen molar-refractivity contribution >= 4 is 30.2 Å². The van der Waals surface area contributed by atoms with E-state index in [0.717, 1.165) is 32.4 Å². The molecule has 31 heavy (non-hydrogen) atoms. The lowest BCUT2D eigenvalue weighted by atomic mass is 9.95. The van der Waals surface area contributed by atoms with Crippen molar-refractivity contribution in [2.75, 3.05) is 26.2 Å². The maximum atomic E-state index is 12.7. The summed E-state index contributed by atoms with van der Waals surface area (Å²) in [6.45, 7) is 4.52. The van der Waals surface area contributed by atoms with Crippen LogP contribution in [0.25, 0.3) is 0 Å². The molecule has 1 fully saturated rings. The van der Waals surface area contributed by atoms with Gasteiger partial charge in [-0.1, -0.05) is 16.8 Å². The molecular formula is C21H31ClN4O5. The van der Waals surface area contributed by atoms with Gasteiger partial charge in [0.25, 0.3) is 0 Å². The van der Waals surface area contributed by atoms with Gasteiger partial charge in [0, 0.05) is 38.5 Å². The van der Waals surface area contributed by atoms with Crippen LogP contribution in [-0.4, -0.2) is 65.2 Å². The maximum absolute atomic E-state index is 12.7. The molecule has 3 rings (SSSR count). The first-order chi connectivity index (χ1) is 14.4. The number of rotatable bonds is 8. The summed E-state index contributed by atoms with van der Waals surface area (Å²) in [5.74, 6) is -1.40. The van der Waals surface area contributed by atoms with Crippen molar-refractivity contribution in [3.63, 3.8) is 0 Å². The number of carboxylic acid groups (broad SMARTS) is 1. The molecule has 0 radical (unpaired) electrons. The first-order valence-electron chi connectivity index (χ1n) is 10.5. The highest BCUT2D eigenvalue weighted by molar-refractivity contribution is 5.86. The number of carbonyl (C=O) groups is 3. The van der Waals surface area contributed by atoms with Gasteiger partial charge in [0.05, 0.1) is 11.6 Å². The molecule has 3 heterocycles. The molecular weight excluding hydrogens is 424 g/mol. The van der Waals surface area contributed by atoms with Gasteiger partial charge in [-0.3, -0.25) is 9.59 Å². The second-order valence-electron chi connectivity index (χ2n) is 8.03. The number of nitrogens with zero attached hydrogens (tertiary/aromatic N) is 2. The van der Waals surface area contributed by atoms with Crippen molar-refractivity contribution < 1.29 is 24.0 Å². The number of carbonyl (C=O) groups excluding carboxylic acids is 2. The number of aromatic nitrogens is 1. The van der Waals surface area contributed by atoms with Gasteiger partial charge in [0.2, 0.25) is 11.8 Å². The van der Waals surface area contributed by atoms with Crippen molar-refractivity contribution in [3.05, 3.63) is 29.2 Å². The van der Waals surface area contributed by atoms with E-state index >= 15 is 0 Å². The minimum atomic E-state index is -1.13. The quantitative estimate of drug-likeness (QED) is 0.508. The van der Waals surface area contributed by atoms with E-state index in [1.807, 2.05) is 0 Å². The monoisotopic (exact) mass is 454 g/mol. The number of amides is 2. The lowest BCUT2D eigenvalue weighted by molar-refractivity contribution is -0.143. The van der Waals surface area contributed by atoms with Crippen LogP contribution in [-0.2, 0) is 20.8 Å². The first kappa shape index (κ1) is 24.9. The molecule has 9 nitrogen and oxygen atoms in total. The van der Waals surface area contributed by atoms with Gasteiger partial charge in [-0.15, -0.1) is 12.4 Å². The number of carboxylic acids is 1. The van der Waals surface area contributed by atoms with Crippen LogP contribution < -0.4 is 10.6 Å². The zero-order valence-corrected chi connectivity index (χ0v) is 18.6. The van der Waals surface area contributed by atoms with Gasteiger partial charge in [0.1, 0.15) is 11.8 Å². The van der Waals surface area contributed by atoms with Crippen LogP contribution in [0.1, 0.15) is 43.6 Å². The van der Waals surface area contributed by atoms with Crippen LogP contribution in [0.5, 0.6) is 0 Å².